The zero-order chi connectivity index (χ0) is 14.8. The first kappa shape index (κ1) is 17.0. The number of rotatable bonds is 10. The Labute approximate surface area is 124 Å². The average Bonchev–Trinajstić information content (AvgIpc) is 2.42. The fourth-order valence-corrected chi connectivity index (χ4v) is 2.52. The second kappa shape index (κ2) is 9.82. The Morgan fingerprint density at radius 2 is 1.80 bits per heavy atom. The lowest BCUT2D eigenvalue weighted by Crippen LogP contribution is -2.22. The molecule has 1 rings (SSSR count). The lowest BCUT2D eigenvalue weighted by atomic mass is 9.99. The van der Waals surface area contributed by atoms with Crippen molar-refractivity contribution in [2.24, 2.45) is 0 Å². The maximum atomic E-state index is 5.96. The molecular weight excluding hydrogens is 246 g/mol. The molecule has 0 saturated carbocycles. The molecule has 2 heteroatoms. The summed E-state index contributed by atoms with van der Waals surface area (Å²) >= 11 is 0. The van der Waals surface area contributed by atoms with Crippen LogP contribution in [0.15, 0.2) is 24.3 Å². The van der Waals surface area contributed by atoms with Crippen LogP contribution in [0.25, 0.3) is 0 Å². The summed E-state index contributed by atoms with van der Waals surface area (Å²) in [4.78, 5) is 0. The molecule has 1 unspecified atom stereocenters. The van der Waals surface area contributed by atoms with Gasteiger partial charge in [-0.05, 0) is 32.9 Å². The van der Waals surface area contributed by atoms with Crippen LogP contribution in [0.5, 0.6) is 5.75 Å². The smallest absolute Gasteiger partial charge is 0.124 e. The molecule has 0 aliphatic heterocycles. The van der Waals surface area contributed by atoms with Crippen molar-refractivity contribution in [1.82, 2.24) is 5.32 Å². The summed E-state index contributed by atoms with van der Waals surface area (Å²) < 4.78 is 5.96. The van der Waals surface area contributed by atoms with Crippen LogP contribution in [-0.2, 0) is 0 Å². The average molecular weight is 277 g/mol. The van der Waals surface area contributed by atoms with Crippen molar-refractivity contribution in [3.63, 3.8) is 0 Å². The van der Waals surface area contributed by atoms with Gasteiger partial charge in [0.2, 0.25) is 0 Å². The monoisotopic (exact) mass is 277 g/mol. The summed E-state index contributed by atoms with van der Waals surface area (Å²) in [5.41, 5.74) is 1.31. The van der Waals surface area contributed by atoms with Crippen LogP contribution < -0.4 is 10.1 Å². The molecule has 1 atom stereocenters. The molecule has 20 heavy (non-hydrogen) atoms. The topological polar surface area (TPSA) is 21.3 Å². The molecule has 0 aliphatic carbocycles. The molecule has 2 nitrogen and oxygen atoms in total. The SMILES string of the molecule is CCCCCCC(NCC)c1ccccc1OC(C)C. The van der Waals surface area contributed by atoms with E-state index < -0.39 is 0 Å². The minimum atomic E-state index is 0.221. The maximum Gasteiger partial charge on any atom is 0.124 e. The van der Waals surface area contributed by atoms with Crippen molar-refractivity contribution < 1.29 is 4.74 Å². The van der Waals surface area contributed by atoms with Gasteiger partial charge < -0.3 is 10.1 Å². The van der Waals surface area contributed by atoms with E-state index in [0.717, 1.165) is 12.3 Å². The third kappa shape index (κ3) is 5.96. The van der Waals surface area contributed by atoms with Gasteiger partial charge in [0.15, 0.2) is 0 Å². The fourth-order valence-electron chi connectivity index (χ4n) is 2.52. The van der Waals surface area contributed by atoms with Gasteiger partial charge >= 0.3 is 0 Å². The molecular formula is C18H31NO. The summed E-state index contributed by atoms with van der Waals surface area (Å²) in [5.74, 6) is 1.03. The molecule has 0 saturated heterocycles. The second-order valence-electron chi connectivity index (χ2n) is 5.66. The summed E-state index contributed by atoms with van der Waals surface area (Å²) in [7, 11) is 0. The highest BCUT2D eigenvalue weighted by atomic mass is 16.5. The number of hydrogen-bond donors (Lipinski definition) is 1. The Hall–Kier alpha value is -1.02. The van der Waals surface area contributed by atoms with Crippen LogP contribution in [0, 0.1) is 0 Å². The second-order valence-corrected chi connectivity index (χ2v) is 5.66. The highest BCUT2D eigenvalue weighted by molar-refractivity contribution is 5.36. The van der Waals surface area contributed by atoms with E-state index in [1.807, 2.05) is 0 Å². The number of nitrogens with one attached hydrogen (secondary N) is 1. The predicted molar refractivity (Wildman–Crippen MR) is 87.4 cm³/mol. The summed E-state index contributed by atoms with van der Waals surface area (Å²) in [5, 5.41) is 3.61. The van der Waals surface area contributed by atoms with Crippen molar-refractivity contribution >= 4 is 0 Å². The number of hydrogen-bond acceptors (Lipinski definition) is 2. The molecule has 0 heterocycles. The zero-order valence-electron chi connectivity index (χ0n) is 13.6. The minimum Gasteiger partial charge on any atom is -0.491 e. The molecule has 1 aromatic rings. The van der Waals surface area contributed by atoms with Gasteiger partial charge in [-0.25, -0.2) is 0 Å². The van der Waals surface area contributed by atoms with E-state index in [1.165, 1.54) is 37.7 Å². The molecule has 0 bridgehead atoms. The first-order valence-electron chi connectivity index (χ1n) is 8.18. The van der Waals surface area contributed by atoms with E-state index in [2.05, 4.69) is 57.3 Å². The number of ether oxygens (including phenoxy) is 1. The number of para-hydroxylation sites is 1. The highest BCUT2D eigenvalue weighted by Gasteiger charge is 2.15. The molecule has 114 valence electrons. The van der Waals surface area contributed by atoms with E-state index in [4.69, 9.17) is 4.74 Å². The molecule has 0 aromatic heterocycles. The molecule has 1 N–H and O–H groups in total. The van der Waals surface area contributed by atoms with E-state index in [-0.39, 0.29) is 6.10 Å². The lowest BCUT2D eigenvalue weighted by molar-refractivity contribution is 0.237. The lowest BCUT2D eigenvalue weighted by Gasteiger charge is -2.22. The maximum absolute atomic E-state index is 5.96. The highest BCUT2D eigenvalue weighted by Crippen LogP contribution is 2.29. The van der Waals surface area contributed by atoms with Gasteiger partial charge in [0.1, 0.15) is 5.75 Å². The largest absolute Gasteiger partial charge is 0.491 e. The van der Waals surface area contributed by atoms with E-state index >= 15 is 0 Å². The first-order chi connectivity index (χ1) is 9.69. The minimum absolute atomic E-state index is 0.221. The third-order valence-electron chi connectivity index (χ3n) is 3.45. The molecule has 0 spiro atoms. The van der Waals surface area contributed by atoms with Crippen LogP contribution >= 0.6 is 0 Å². The standard InChI is InChI=1S/C18H31NO/c1-5-7-8-9-13-17(19-6-2)16-12-10-11-14-18(16)20-15(3)4/h10-12,14-15,17,19H,5-9,13H2,1-4H3. The normalized spacial score (nSPS) is 12.7. The van der Waals surface area contributed by atoms with Crippen LogP contribution in [0.4, 0.5) is 0 Å². The molecule has 0 amide bonds. The van der Waals surface area contributed by atoms with Gasteiger partial charge in [-0.15, -0.1) is 0 Å². The Balaban J connectivity index is 2.74. The predicted octanol–water partition coefficient (Wildman–Crippen LogP) is 5.09. The fraction of sp³-hybridized carbons (Fsp3) is 0.667. The quantitative estimate of drug-likeness (QED) is 0.601. The van der Waals surface area contributed by atoms with Crippen molar-refractivity contribution in [2.75, 3.05) is 6.54 Å². The Morgan fingerprint density at radius 3 is 2.45 bits per heavy atom. The van der Waals surface area contributed by atoms with Gasteiger partial charge in [0, 0.05) is 11.6 Å². The summed E-state index contributed by atoms with van der Waals surface area (Å²) in [6.07, 6.45) is 6.64. The van der Waals surface area contributed by atoms with Gasteiger partial charge in [-0.3, -0.25) is 0 Å². The summed E-state index contributed by atoms with van der Waals surface area (Å²) in [6.45, 7) is 9.59. The van der Waals surface area contributed by atoms with E-state index in [9.17, 15) is 0 Å². The Morgan fingerprint density at radius 1 is 1.05 bits per heavy atom. The van der Waals surface area contributed by atoms with Crippen molar-refractivity contribution in [1.29, 1.82) is 0 Å². The van der Waals surface area contributed by atoms with Crippen molar-refractivity contribution in [3.8, 4) is 5.75 Å². The first-order valence-corrected chi connectivity index (χ1v) is 8.18. The van der Waals surface area contributed by atoms with Gasteiger partial charge in [0.25, 0.3) is 0 Å². The molecule has 0 radical (unpaired) electrons. The van der Waals surface area contributed by atoms with Crippen LogP contribution in [0.2, 0.25) is 0 Å². The van der Waals surface area contributed by atoms with Crippen molar-refractivity contribution in [3.05, 3.63) is 29.8 Å². The van der Waals surface area contributed by atoms with Crippen molar-refractivity contribution in [2.45, 2.75) is 71.9 Å². The number of benzene rings is 1. The Kier molecular flexibility index (Phi) is 8.36. The number of unbranched alkanes of at least 4 members (excludes halogenated alkanes) is 3. The van der Waals surface area contributed by atoms with E-state index in [1.54, 1.807) is 0 Å². The van der Waals surface area contributed by atoms with E-state index in [0.29, 0.717) is 6.04 Å². The van der Waals surface area contributed by atoms with Gasteiger partial charge in [-0.1, -0.05) is 57.7 Å². The molecule has 1 aromatic carbocycles. The summed E-state index contributed by atoms with van der Waals surface area (Å²) in [6, 6.07) is 8.86. The van der Waals surface area contributed by atoms with Crippen LogP contribution in [0.1, 0.15) is 71.4 Å². The zero-order valence-corrected chi connectivity index (χ0v) is 13.6. The van der Waals surface area contributed by atoms with Crippen LogP contribution in [-0.4, -0.2) is 12.6 Å². The molecule has 0 fully saturated rings. The third-order valence-corrected chi connectivity index (χ3v) is 3.45. The van der Waals surface area contributed by atoms with Crippen LogP contribution in [0.3, 0.4) is 0 Å². The molecule has 0 aliphatic rings. The Bertz CT molecular complexity index is 362. The van der Waals surface area contributed by atoms with Gasteiger partial charge in [0.05, 0.1) is 6.10 Å². The van der Waals surface area contributed by atoms with Gasteiger partial charge in [-0.2, -0.15) is 0 Å².